The minimum atomic E-state index is -4.30. The van der Waals surface area contributed by atoms with Crippen molar-refractivity contribution >= 4 is 0 Å². The monoisotopic (exact) mass is 122 g/mol. The highest BCUT2D eigenvalue weighted by molar-refractivity contribution is 4.85. The summed E-state index contributed by atoms with van der Waals surface area (Å²) in [5.74, 6) is 0. The van der Waals surface area contributed by atoms with E-state index in [1.54, 1.807) is 0 Å². The van der Waals surface area contributed by atoms with Gasteiger partial charge in [0.25, 0.3) is 0 Å². The molecule has 1 radical (unpaired) electrons. The van der Waals surface area contributed by atoms with Crippen LogP contribution in [0.2, 0.25) is 0 Å². The molecule has 4 heteroatoms. The number of hydrogen-bond acceptors (Lipinski definition) is 1. The molecule has 45 valence electrons. The first-order chi connectivity index (χ1) is 3.56. The van der Waals surface area contributed by atoms with Gasteiger partial charge in [-0.25, -0.2) is 0 Å². The Morgan fingerprint density at radius 2 is 2.00 bits per heavy atom. The van der Waals surface area contributed by atoms with Crippen molar-refractivity contribution in [2.24, 2.45) is 0 Å². The minimum Gasteiger partial charge on any atom is -0.198 e. The molecule has 0 aromatic heterocycles. The van der Waals surface area contributed by atoms with Gasteiger partial charge < -0.3 is 0 Å². The van der Waals surface area contributed by atoms with E-state index in [9.17, 15) is 13.2 Å². The molecular formula is C4H3F3N. The van der Waals surface area contributed by atoms with Gasteiger partial charge >= 0.3 is 6.18 Å². The van der Waals surface area contributed by atoms with E-state index in [1.807, 2.05) is 0 Å². The summed E-state index contributed by atoms with van der Waals surface area (Å²) in [5.41, 5.74) is 0. The molecule has 0 aromatic carbocycles. The maximum atomic E-state index is 11.0. The van der Waals surface area contributed by atoms with Crippen LogP contribution in [0.3, 0.4) is 0 Å². The summed E-state index contributed by atoms with van der Waals surface area (Å²) in [4.78, 5) is 0. The molecule has 0 heterocycles. The van der Waals surface area contributed by atoms with Gasteiger partial charge in [0.2, 0.25) is 0 Å². The van der Waals surface area contributed by atoms with E-state index >= 15 is 0 Å². The summed E-state index contributed by atoms with van der Waals surface area (Å²) in [6, 6.07) is 1.35. The van der Waals surface area contributed by atoms with Crippen molar-refractivity contribution in [3.05, 3.63) is 6.42 Å². The second kappa shape index (κ2) is 2.55. The Bertz CT molecular complexity index is 98.8. The fourth-order valence-electron chi connectivity index (χ4n) is 0.161. The number of hydrogen-bond donors (Lipinski definition) is 0. The molecule has 0 aliphatic heterocycles. The van der Waals surface area contributed by atoms with Crippen molar-refractivity contribution in [1.29, 1.82) is 5.26 Å². The fraction of sp³-hybridized carbons (Fsp3) is 0.500. The van der Waals surface area contributed by atoms with Gasteiger partial charge in [0.05, 0.1) is 12.5 Å². The highest BCUT2D eigenvalue weighted by Crippen LogP contribution is 2.19. The maximum Gasteiger partial charge on any atom is 0.393 e. The first kappa shape index (κ1) is 7.28. The molecule has 0 saturated carbocycles. The predicted octanol–water partition coefficient (Wildman–Crippen LogP) is 1.67. The minimum absolute atomic E-state index is 0.00694. The molecule has 0 saturated heterocycles. The molecule has 1 nitrogen and oxygen atoms in total. The van der Waals surface area contributed by atoms with Crippen LogP contribution >= 0.6 is 0 Å². The van der Waals surface area contributed by atoms with E-state index < -0.39 is 12.6 Å². The summed E-state index contributed by atoms with van der Waals surface area (Å²) < 4.78 is 33.1. The topological polar surface area (TPSA) is 23.8 Å². The van der Waals surface area contributed by atoms with E-state index in [4.69, 9.17) is 5.26 Å². The van der Waals surface area contributed by atoms with E-state index in [1.165, 1.54) is 6.07 Å². The lowest BCUT2D eigenvalue weighted by Crippen LogP contribution is -2.06. The van der Waals surface area contributed by atoms with Gasteiger partial charge in [-0.05, 0) is 0 Å². The molecule has 0 N–H and O–H groups in total. The molecule has 0 aliphatic carbocycles. The average Bonchev–Trinajstić information content (AvgIpc) is 1.59. The summed E-state index contributed by atoms with van der Waals surface area (Å²) >= 11 is 0. The van der Waals surface area contributed by atoms with Crippen LogP contribution in [0, 0.1) is 17.8 Å². The SMILES string of the molecule is N#CC[CH]C(F)(F)F. The number of alkyl halides is 3. The van der Waals surface area contributed by atoms with Crippen molar-refractivity contribution in [3.63, 3.8) is 0 Å². The standard InChI is InChI=1S/C4H3F3N/c5-4(6,7)2-1-3-8/h2H,1H2. The van der Waals surface area contributed by atoms with Crippen molar-refractivity contribution < 1.29 is 13.2 Å². The summed E-state index contributed by atoms with van der Waals surface area (Å²) in [5, 5.41) is 7.65. The van der Waals surface area contributed by atoms with Gasteiger partial charge in [-0.2, -0.15) is 18.4 Å². The molecule has 0 spiro atoms. The third-order valence-corrected chi connectivity index (χ3v) is 0.425. The van der Waals surface area contributed by atoms with Crippen molar-refractivity contribution in [2.45, 2.75) is 12.6 Å². The van der Waals surface area contributed by atoms with Gasteiger partial charge in [0, 0.05) is 6.42 Å². The van der Waals surface area contributed by atoms with Crippen LogP contribution in [0.15, 0.2) is 0 Å². The van der Waals surface area contributed by atoms with Crippen LogP contribution in [-0.4, -0.2) is 6.18 Å². The summed E-state index contributed by atoms with van der Waals surface area (Å²) in [7, 11) is 0. The van der Waals surface area contributed by atoms with Gasteiger partial charge in [-0.3, -0.25) is 0 Å². The lowest BCUT2D eigenvalue weighted by atomic mass is 10.3. The molecule has 0 aromatic rings. The highest BCUT2D eigenvalue weighted by Gasteiger charge is 2.26. The van der Waals surface area contributed by atoms with Gasteiger partial charge in [-0.15, -0.1) is 0 Å². The fourth-order valence-corrected chi connectivity index (χ4v) is 0.161. The second-order valence-electron chi connectivity index (χ2n) is 1.11. The van der Waals surface area contributed by atoms with Crippen molar-refractivity contribution in [3.8, 4) is 6.07 Å². The highest BCUT2D eigenvalue weighted by atomic mass is 19.4. The third kappa shape index (κ3) is 5.28. The van der Waals surface area contributed by atoms with E-state index in [0.29, 0.717) is 0 Å². The van der Waals surface area contributed by atoms with Gasteiger partial charge in [-0.1, -0.05) is 0 Å². The lowest BCUT2D eigenvalue weighted by Gasteiger charge is -1.98. The Balaban J connectivity index is 3.28. The zero-order chi connectivity index (χ0) is 6.62. The Kier molecular flexibility index (Phi) is 2.32. The molecule has 0 amide bonds. The molecule has 0 rings (SSSR count). The zero-order valence-corrected chi connectivity index (χ0v) is 3.87. The van der Waals surface area contributed by atoms with Crippen molar-refractivity contribution in [2.75, 3.05) is 0 Å². The van der Waals surface area contributed by atoms with Crippen LogP contribution in [0.1, 0.15) is 6.42 Å². The first-order valence-electron chi connectivity index (χ1n) is 1.84. The molecular weight excluding hydrogens is 119 g/mol. The molecule has 8 heavy (non-hydrogen) atoms. The summed E-state index contributed by atoms with van der Waals surface area (Å²) in [6.07, 6.45) is -4.85. The van der Waals surface area contributed by atoms with Gasteiger partial charge in [0.15, 0.2) is 0 Å². The molecule has 0 fully saturated rings. The van der Waals surface area contributed by atoms with Gasteiger partial charge in [0.1, 0.15) is 0 Å². The van der Waals surface area contributed by atoms with Crippen molar-refractivity contribution in [1.82, 2.24) is 0 Å². The van der Waals surface area contributed by atoms with E-state index in [0.717, 1.165) is 0 Å². The number of nitriles is 1. The van der Waals surface area contributed by atoms with Crippen LogP contribution in [-0.2, 0) is 0 Å². The Morgan fingerprint density at radius 3 is 2.12 bits per heavy atom. The third-order valence-electron chi connectivity index (χ3n) is 0.425. The number of nitrogens with zero attached hydrogens (tertiary/aromatic N) is 1. The molecule has 0 aliphatic rings. The normalized spacial score (nSPS) is 10.8. The molecule has 0 atom stereocenters. The Labute approximate surface area is 44.7 Å². The smallest absolute Gasteiger partial charge is 0.198 e. The van der Waals surface area contributed by atoms with Crippen LogP contribution in [0.4, 0.5) is 13.2 Å². The number of halogens is 3. The quantitative estimate of drug-likeness (QED) is 0.518. The predicted molar refractivity (Wildman–Crippen MR) is 20.6 cm³/mol. The van der Waals surface area contributed by atoms with Crippen LogP contribution in [0.5, 0.6) is 0 Å². The number of rotatable bonds is 1. The average molecular weight is 122 g/mol. The zero-order valence-electron chi connectivity index (χ0n) is 3.87. The Morgan fingerprint density at radius 1 is 1.50 bits per heavy atom. The molecule has 0 bridgehead atoms. The first-order valence-corrected chi connectivity index (χ1v) is 1.84. The molecule has 0 unspecified atom stereocenters. The van der Waals surface area contributed by atoms with E-state index in [-0.39, 0.29) is 6.42 Å². The van der Waals surface area contributed by atoms with E-state index in [2.05, 4.69) is 0 Å². The Hall–Kier alpha value is -0.720. The van der Waals surface area contributed by atoms with Crippen LogP contribution < -0.4 is 0 Å². The summed E-state index contributed by atoms with van der Waals surface area (Å²) in [6.45, 7) is 0. The lowest BCUT2D eigenvalue weighted by molar-refractivity contribution is -0.0969. The maximum absolute atomic E-state index is 11.0. The van der Waals surface area contributed by atoms with Crippen LogP contribution in [0.25, 0.3) is 0 Å². The largest absolute Gasteiger partial charge is 0.393 e. The second-order valence-corrected chi connectivity index (χ2v) is 1.11.